The highest BCUT2D eigenvalue weighted by Gasteiger charge is 2.18. The third kappa shape index (κ3) is 4.43. The van der Waals surface area contributed by atoms with Gasteiger partial charge in [0.2, 0.25) is 0 Å². The Morgan fingerprint density at radius 3 is 2.66 bits per heavy atom. The van der Waals surface area contributed by atoms with E-state index in [1.807, 2.05) is 25.1 Å². The van der Waals surface area contributed by atoms with Crippen LogP contribution in [0.3, 0.4) is 0 Å². The number of H-pyrrole nitrogens is 1. The summed E-state index contributed by atoms with van der Waals surface area (Å²) in [6.45, 7) is 6.63. The van der Waals surface area contributed by atoms with Crippen LogP contribution in [0, 0.1) is 0 Å². The van der Waals surface area contributed by atoms with Crippen LogP contribution in [0.2, 0.25) is 0 Å². The number of aromatic nitrogens is 3. The number of pyridine rings is 1. The number of aryl methyl sites for hydroxylation is 1. The number of para-hydroxylation sites is 1. The van der Waals surface area contributed by atoms with Gasteiger partial charge < -0.3 is 15.1 Å². The molecule has 3 aromatic rings. The lowest BCUT2D eigenvalue weighted by atomic mass is 10.1. The summed E-state index contributed by atoms with van der Waals surface area (Å²) in [4.78, 5) is 48.4. The third-order valence-electron chi connectivity index (χ3n) is 5.82. The Bertz CT molecular complexity index is 1240. The minimum absolute atomic E-state index is 0.225. The Labute approximate surface area is 185 Å². The van der Waals surface area contributed by atoms with E-state index in [0.717, 1.165) is 43.9 Å². The van der Waals surface area contributed by atoms with Crippen molar-refractivity contribution in [3.8, 4) is 0 Å². The summed E-state index contributed by atoms with van der Waals surface area (Å²) in [7, 11) is 2.12. The van der Waals surface area contributed by atoms with E-state index >= 15 is 0 Å². The first kappa shape index (κ1) is 21.8. The molecular formula is C23H28N6O3. The maximum atomic E-state index is 12.8. The Morgan fingerprint density at radius 2 is 1.91 bits per heavy atom. The Morgan fingerprint density at radius 1 is 1.16 bits per heavy atom. The highest BCUT2D eigenvalue weighted by molar-refractivity contribution is 5.96. The highest BCUT2D eigenvalue weighted by atomic mass is 16.2. The fraction of sp³-hybridized carbons (Fsp3) is 0.391. The van der Waals surface area contributed by atoms with E-state index in [4.69, 9.17) is 0 Å². The smallest absolute Gasteiger partial charge is 0.329 e. The van der Waals surface area contributed by atoms with Gasteiger partial charge in [-0.25, -0.2) is 9.78 Å². The zero-order valence-corrected chi connectivity index (χ0v) is 18.4. The lowest BCUT2D eigenvalue weighted by molar-refractivity contribution is 0.0950. The van der Waals surface area contributed by atoms with Crippen LogP contribution in [0.25, 0.3) is 11.0 Å². The maximum Gasteiger partial charge on any atom is 0.329 e. The molecule has 0 spiro atoms. The quantitative estimate of drug-likeness (QED) is 0.602. The van der Waals surface area contributed by atoms with Gasteiger partial charge in [0, 0.05) is 51.2 Å². The van der Waals surface area contributed by atoms with Crippen molar-refractivity contribution in [2.24, 2.45) is 0 Å². The summed E-state index contributed by atoms with van der Waals surface area (Å²) in [5, 5.41) is 3.17. The van der Waals surface area contributed by atoms with Gasteiger partial charge >= 0.3 is 5.69 Å². The second-order valence-electron chi connectivity index (χ2n) is 8.11. The van der Waals surface area contributed by atoms with Gasteiger partial charge in [-0.1, -0.05) is 25.1 Å². The number of rotatable bonds is 6. The monoisotopic (exact) mass is 436 g/mol. The molecule has 0 radical (unpaired) electrons. The van der Waals surface area contributed by atoms with E-state index in [2.05, 4.69) is 38.2 Å². The van der Waals surface area contributed by atoms with Crippen molar-refractivity contribution in [3.63, 3.8) is 0 Å². The lowest BCUT2D eigenvalue weighted by Crippen LogP contribution is -2.45. The van der Waals surface area contributed by atoms with Gasteiger partial charge in [0.15, 0.2) is 0 Å². The number of fused-ring (bicyclic) bond motifs is 1. The van der Waals surface area contributed by atoms with Gasteiger partial charge in [0.05, 0.1) is 10.9 Å². The summed E-state index contributed by atoms with van der Waals surface area (Å²) < 4.78 is 1.42. The van der Waals surface area contributed by atoms with Crippen LogP contribution in [0.15, 0.2) is 46.1 Å². The van der Waals surface area contributed by atoms with E-state index in [1.165, 1.54) is 16.8 Å². The molecule has 1 saturated heterocycles. The first-order valence-corrected chi connectivity index (χ1v) is 10.9. The number of nitrogens with zero attached hydrogens (tertiary/aromatic N) is 4. The first-order chi connectivity index (χ1) is 15.5. The average molecular weight is 437 g/mol. The molecule has 32 heavy (non-hydrogen) atoms. The number of hydrogen-bond acceptors (Lipinski definition) is 6. The second kappa shape index (κ2) is 9.35. The van der Waals surface area contributed by atoms with Gasteiger partial charge in [-0.15, -0.1) is 0 Å². The molecule has 3 heterocycles. The number of nitrogens with one attached hydrogen (secondary N) is 2. The van der Waals surface area contributed by atoms with Crippen LogP contribution >= 0.6 is 0 Å². The van der Waals surface area contributed by atoms with Crippen molar-refractivity contribution >= 4 is 22.6 Å². The number of hydrogen-bond donors (Lipinski definition) is 2. The van der Waals surface area contributed by atoms with Crippen LogP contribution in [-0.2, 0) is 13.1 Å². The number of amides is 1. The lowest BCUT2D eigenvalue weighted by Gasteiger charge is -2.35. The molecule has 1 aliphatic heterocycles. The standard InChI is InChI=1S/C23H28N6O3/c1-3-8-29-20-18(22(31)26-23(29)32)13-17(15-24-20)21(30)25-14-16-6-4-5-7-19(16)28-11-9-27(2)10-12-28/h4-7,13,15H,3,8-12,14H2,1-2H3,(H,25,30)(H,26,31,32). The van der Waals surface area contributed by atoms with Crippen molar-refractivity contribution in [2.45, 2.75) is 26.4 Å². The van der Waals surface area contributed by atoms with Gasteiger partial charge in [-0.3, -0.25) is 19.1 Å². The van der Waals surface area contributed by atoms with E-state index in [1.54, 1.807) is 0 Å². The number of piperazine rings is 1. The van der Waals surface area contributed by atoms with Crippen LogP contribution in [0.1, 0.15) is 29.3 Å². The van der Waals surface area contributed by atoms with Gasteiger partial charge in [-0.2, -0.15) is 0 Å². The number of anilines is 1. The van der Waals surface area contributed by atoms with Crippen LogP contribution < -0.4 is 21.5 Å². The van der Waals surface area contributed by atoms with Crippen LogP contribution in [0.5, 0.6) is 0 Å². The highest BCUT2D eigenvalue weighted by Crippen LogP contribution is 2.21. The van der Waals surface area contributed by atoms with Crippen molar-refractivity contribution < 1.29 is 4.79 Å². The molecule has 168 valence electrons. The van der Waals surface area contributed by atoms with Crippen molar-refractivity contribution in [1.29, 1.82) is 0 Å². The molecule has 0 unspecified atom stereocenters. The second-order valence-corrected chi connectivity index (χ2v) is 8.11. The normalized spacial score (nSPS) is 14.6. The zero-order valence-electron chi connectivity index (χ0n) is 18.4. The van der Waals surface area contributed by atoms with E-state index < -0.39 is 11.2 Å². The molecule has 4 rings (SSSR count). The number of aromatic amines is 1. The van der Waals surface area contributed by atoms with Gasteiger partial charge in [-0.05, 0) is 31.2 Å². The molecule has 0 aliphatic carbocycles. The van der Waals surface area contributed by atoms with Crippen LogP contribution in [0.4, 0.5) is 5.69 Å². The number of carbonyl (C=O) groups is 1. The summed E-state index contributed by atoms with van der Waals surface area (Å²) in [6, 6.07) is 9.56. The first-order valence-electron chi connectivity index (χ1n) is 10.9. The Kier molecular flexibility index (Phi) is 6.36. The van der Waals surface area contributed by atoms with Crippen molar-refractivity contribution in [1.82, 2.24) is 24.8 Å². The number of likely N-dealkylation sites (N-methyl/N-ethyl adjacent to an activating group) is 1. The Balaban J connectivity index is 1.54. The molecule has 1 fully saturated rings. The average Bonchev–Trinajstić information content (AvgIpc) is 2.80. The zero-order chi connectivity index (χ0) is 22.7. The summed E-state index contributed by atoms with van der Waals surface area (Å²) in [5.74, 6) is -0.319. The van der Waals surface area contributed by atoms with Crippen LogP contribution in [-0.4, -0.2) is 58.6 Å². The molecule has 0 atom stereocenters. The van der Waals surface area contributed by atoms with E-state index in [-0.39, 0.29) is 22.5 Å². The minimum atomic E-state index is -0.542. The van der Waals surface area contributed by atoms with Crippen molar-refractivity contribution in [2.75, 3.05) is 38.1 Å². The van der Waals surface area contributed by atoms with E-state index in [0.29, 0.717) is 13.1 Å². The maximum absolute atomic E-state index is 12.8. The SMILES string of the molecule is CCCn1c(=O)[nH]c(=O)c2cc(C(=O)NCc3ccccc3N3CCN(C)CC3)cnc21. The largest absolute Gasteiger partial charge is 0.369 e. The molecule has 2 N–H and O–H groups in total. The summed E-state index contributed by atoms with van der Waals surface area (Å²) in [6.07, 6.45) is 2.13. The number of benzene rings is 1. The summed E-state index contributed by atoms with van der Waals surface area (Å²) in [5.41, 5.74) is 1.69. The molecule has 0 bridgehead atoms. The molecule has 0 saturated carbocycles. The molecule has 1 aromatic carbocycles. The fourth-order valence-electron chi connectivity index (χ4n) is 4.02. The molecule has 2 aromatic heterocycles. The minimum Gasteiger partial charge on any atom is -0.369 e. The summed E-state index contributed by atoms with van der Waals surface area (Å²) >= 11 is 0. The Hall–Kier alpha value is -3.46. The molecule has 9 nitrogen and oxygen atoms in total. The predicted octanol–water partition coefficient (Wildman–Crippen LogP) is 1.18. The van der Waals surface area contributed by atoms with Gasteiger partial charge in [0.25, 0.3) is 11.5 Å². The molecule has 9 heteroatoms. The predicted molar refractivity (Wildman–Crippen MR) is 124 cm³/mol. The van der Waals surface area contributed by atoms with E-state index in [9.17, 15) is 14.4 Å². The number of carbonyl (C=O) groups excluding carboxylic acids is 1. The fourth-order valence-corrected chi connectivity index (χ4v) is 4.02. The molecular weight excluding hydrogens is 408 g/mol. The topological polar surface area (TPSA) is 103 Å². The third-order valence-corrected chi connectivity index (χ3v) is 5.82. The van der Waals surface area contributed by atoms with Crippen molar-refractivity contribution in [3.05, 3.63) is 68.5 Å². The molecule has 1 amide bonds. The van der Waals surface area contributed by atoms with Gasteiger partial charge in [0.1, 0.15) is 5.65 Å². The molecule has 1 aliphatic rings.